The van der Waals surface area contributed by atoms with Crippen LogP contribution in [0.3, 0.4) is 0 Å². The third-order valence-corrected chi connectivity index (χ3v) is 6.55. The second kappa shape index (κ2) is 9.32. The average Bonchev–Trinajstić information content (AvgIpc) is 3.35. The van der Waals surface area contributed by atoms with Gasteiger partial charge in [0.2, 0.25) is 11.8 Å². The molecule has 2 aliphatic heterocycles. The molecule has 0 saturated carbocycles. The monoisotopic (exact) mass is 449 g/mol. The number of nitrogens with zero attached hydrogens (tertiary/aromatic N) is 2. The maximum atomic E-state index is 14.0. The van der Waals surface area contributed by atoms with Crippen LogP contribution in [-0.2, 0) is 22.4 Å². The van der Waals surface area contributed by atoms with Gasteiger partial charge in [-0.25, -0.2) is 18.2 Å². The summed E-state index contributed by atoms with van der Waals surface area (Å²) in [5.41, 5.74) is 7.05. The SMILES string of the molecule is N[C@H](Cc1cc(F)c(F)cc1F)C1C[C@H]2CC[C@@H](C1)N2C(=O)CNC(=O)Cc1cnc[nH]1. The normalized spacial score (nSPS) is 23.2. The number of piperidine rings is 1. The number of rotatable bonds is 7. The number of halogens is 3. The number of H-pyrrole nitrogens is 1. The molecule has 2 fully saturated rings. The molecule has 10 heteroatoms. The third-order valence-electron chi connectivity index (χ3n) is 6.55. The number of hydrogen-bond donors (Lipinski definition) is 3. The molecule has 1 aromatic heterocycles. The lowest BCUT2D eigenvalue weighted by molar-refractivity contribution is -0.137. The molecule has 4 N–H and O–H groups in total. The van der Waals surface area contributed by atoms with Crippen LogP contribution in [0.1, 0.15) is 36.9 Å². The van der Waals surface area contributed by atoms with Crippen LogP contribution >= 0.6 is 0 Å². The molecule has 2 aliphatic rings. The Labute approximate surface area is 183 Å². The van der Waals surface area contributed by atoms with E-state index in [4.69, 9.17) is 5.73 Å². The predicted molar refractivity (Wildman–Crippen MR) is 110 cm³/mol. The van der Waals surface area contributed by atoms with Gasteiger partial charge in [0.1, 0.15) is 5.82 Å². The number of benzene rings is 1. The van der Waals surface area contributed by atoms with E-state index in [0.717, 1.165) is 18.9 Å². The second-order valence-electron chi connectivity index (χ2n) is 8.67. The molecule has 2 bridgehead atoms. The first-order chi connectivity index (χ1) is 15.3. The molecule has 2 amide bonds. The predicted octanol–water partition coefficient (Wildman–Crippen LogP) is 1.83. The second-order valence-corrected chi connectivity index (χ2v) is 8.67. The molecule has 32 heavy (non-hydrogen) atoms. The molecule has 0 spiro atoms. The highest BCUT2D eigenvalue weighted by molar-refractivity contribution is 5.86. The van der Waals surface area contributed by atoms with Crippen LogP contribution in [0.25, 0.3) is 0 Å². The topological polar surface area (TPSA) is 104 Å². The number of imidazole rings is 1. The Morgan fingerprint density at radius 3 is 2.50 bits per heavy atom. The van der Waals surface area contributed by atoms with E-state index in [2.05, 4.69) is 15.3 Å². The van der Waals surface area contributed by atoms with Gasteiger partial charge in [-0.2, -0.15) is 0 Å². The summed E-state index contributed by atoms with van der Waals surface area (Å²) in [4.78, 5) is 33.4. The van der Waals surface area contributed by atoms with Crippen LogP contribution in [0.4, 0.5) is 13.2 Å². The fraction of sp³-hybridized carbons (Fsp3) is 0.500. The molecule has 1 unspecified atom stereocenters. The number of nitrogens with two attached hydrogens (primary N) is 1. The van der Waals surface area contributed by atoms with Crippen LogP contribution in [0.2, 0.25) is 0 Å². The zero-order chi connectivity index (χ0) is 22.8. The molecule has 2 saturated heterocycles. The van der Waals surface area contributed by atoms with Crippen molar-refractivity contribution in [3.63, 3.8) is 0 Å². The largest absolute Gasteiger partial charge is 0.348 e. The van der Waals surface area contributed by atoms with Crippen molar-refractivity contribution in [2.75, 3.05) is 6.54 Å². The number of nitrogens with one attached hydrogen (secondary N) is 2. The number of hydrogen-bond acceptors (Lipinski definition) is 4. The van der Waals surface area contributed by atoms with Crippen molar-refractivity contribution in [1.29, 1.82) is 0 Å². The molecular weight excluding hydrogens is 423 g/mol. The summed E-state index contributed by atoms with van der Waals surface area (Å²) in [6.45, 7) is -0.0727. The lowest BCUT2D eigenvalue weighted by Gasteiger charge is -2.41. The number of fused-ring (bicyclic) bond motifs is 2. The van der Waals surface area contributed by atoms with Gasteiger partial charge in [-0.3, -0.25) is 9.59 Å². The number of aromatic nitrogens is 2. The van der Waals surface area contributed by atoms with Crippen molar-refractivity contribution in [3.05, 3.63) is 53.4 Å². The number of carbonyl (C=O) groups excluding carboxylic acids is 2. The minimum atomic E-state index is -1.22. The number of carbonyl (C=O) groups is 2. The van der Waals surface area contributed by atoms with Crippen molar-refractivity contribution in [2.45, 2.75) is 56.7 Å². The average molecular weight is 449 g/mol. The van der Waals surface area contributed by atoms with E-state index in [1.165, 1.54) is 6.33 Å². The van der Waals surface area contributed by atoms with E-state index in [1.807, 2.05) is 4.90 Å². The van der Waals surface area contributed by atoms with Gasteiger partial charge >= 0.3 is 0 Å². The van der Waals surface area contributed by atoms with Crippen LogP contribution in [-0.4, -0.2) is 51.4 Å². The molecule has 4 atom stereocenters. The zero-order valence-electron chi connectivity index (χ0n) is 17.5. The van der Waals surface area contributed by atoms with Gasteiger partial charge in [0.15, 0.2) is 11.6 Å². The van der Waals surface area contributed by atoms with Crippen molar-refractivity contribution in [3.8, 4) is 0 Å². The first-order valence-electron chi connectivity index (χ1n) is 10.8. The molecule has 0 aliphatic carbocycles. The van der Waals surface area contributed by atoms with E-state index in [1.54, 1.807) is 6.20 Å². The van der Waals surface area contributed by atoms with Crippen LogP contribution in [0.15, 0.2) is 24.7 Å². The van der Waals surface area contributed by atoms with Crippen molar-refractivity contribution < 1.29 is 22.8 Å². The van der Waals surface area contributed by atoms with Gasteiger partial charge in [0.05, 0.1) is 19.3 Å². The first kappa shape index (κ1) is 22.3. The lowest BCUT2D eigenvalue weighted by Crippen LogP contribution is -2.52. The summed E-state index contributed by atoms with van der Waals surface area (Å²) in [6, 6.07) is 1.00. The van der Waals surface area contributed by atoms with Gasteiger partial charge in [0, 0.05) is 36.1 Å². The highest BCUT2D eigenvalue weighted by Crippen LogP contribution is 2.40. The molecule has 1 aromatic carbocycles. The molecule has 4 rings (SSSR count). The lowest BCUT2D eigenvalue weighted by atomic mass is 9.82. The van der Waals surface area contributed by atoms with E-state index in [9.17, 15) is 22.8 Å². The van der Waals surface area contributed by atoms with Gasteiger partial charge < -0.3 is 20.9 Å². The quantitative estimate of drug-likeness (QED) is 0.561. The van der Waals surface area contributed by atoms with Crippen LogP contribution < -0.4 is 11.1 Å². The van der Waals surface area contributed by atoms with E-state index < -0.39 is 23.5 Å². The Morgan fingerprint density at radius 1 is 1.16 bits per heavy atom. The first-order valence-corrected chi connectivity index (χ1v) is 10.8. The molecule has 172 valence electrons. The maximum absolute atomic E-state index is 14.0. The number of aromatic amines is 1. The molecule has 2 aromatic rings. The van der Waals surface area contributed by atoms with Crippen molar-refractivity contribution >= 4 is 11.8 Å². The van der Waals surface area contributed by atoms with E-state index in [0.29, 0.717) is 24.6 Å². The summed E-state index contributed by atoms with van der Waals surface area (Å²) in [5.74, 6) is -3.47. The number of amides is 2. The highest BCUT2D eigenvalue weighted by atomic mass is 19.2. The highest BCUT2D eigenvalue weighted by Gasteiger charge is 2.44. The van der Waals surface area contributed by atoms with Gasteiger partial charge in [-0.15, -0.1) is 0 Å². The standard InChI is InChI=1S/C22H26F3N5O2/c23-17-8-19(25)18(24)5-12(17)6-20(26)13-3-15-1-2-16(4-13)30(15)22(32)10-28-21(31)7-14-9-27-11-29-14/h5,8-9,11,13,15-16,20H,1-4,6-7,10,26H2,(H,27,29)(H,28,31)/t13?,15-,16+,20-/m1/s1. The summed E-state index contributed by atoms with van der Waals surface area (Å²) < 4.78 is 40.7. The van der Waals surface area contributed by atoms with Crippen LogP contribution in [0, 0.1) is 23.4 Å². The van der Waals surface area contributed by atoms with Gasteiger partial charge in [0.25, 0.3) is 0 Å². The molecule has 7 nitrogen and oxygen atoms in total. The Kier molecular flexibility index (Phi) is 6.50. The summed E-state index contributed by atoms with van der Waals surface area (Å²) in [5, 5.41) is 2.66. The third kappa shape index (κ3) is 4.79. The smallest absolute Gasteiger partial charge is 0.242 e. The summed E-state index contributed by atoms with van der Waals surface area (Å²) in [7, 11) is 0. The van der Waals surface area contributed by atoms with E-state index >= 15 is 0 Å². The Morgan fingerprint density at radius 2 is 1.84 bits per heavy atom. The Hall–Kier alpha value is -2.88. The molecular formula is C22H26F3N5O2. The Balaban J connectivity index is 1.31. The van der Waals surface area contributed by atoms with Gasteiger partial charge in [-0.1, -0.05) is 0 Å². The minimum absolute atomic E-state index is 0.0107. The zero-order valence-corrected chi connectivity index (χ0v) is 17.5. The van der Waals surface area contributed by atoms with Crippen molar-refractivity contribution in [2.24, 2.45) is 11.7 Å². The minimum Gasteiger partial charge on any atom is -0.348 e. The summed E-state index contributed by atoms with van der Waals surface area (Å²) in [6.07, 6.45) is 6.29. The van der Waals surface area contributed by atoms with Crippen molar-refractivity contribution in [1.82, 2.24) is 20.2 Å². The summed E-state index contributed by atoms with van der Waals surface area (Å²) >= 11 is 0. The van der Waals surface area contributed by atoms with E-state index in [-0.39, 0.29) is 54.8 Å². The fourth-order valence-corrected chi connectivity index (χ4v) is 5.00. The molecule has 0 radical (unpaired) electrons. The molecule has 3 heterocycles. The van der Waals surface area contributed by atoms with Crippen LogP contribution in [0.5, 0.6) is 0 Å². The van der Waals surface area contributed by atoms with Gasteiger partial charge in [-0.05, 0) is 49.7 Å². The fourth-order valence-electron chi connectivity index (χ4n) is 5.00. The Bertz CT molecular complexity index is 970. The maximum Gasteiger partial charge on any atom is 0.242 e.